The second kappa shape index (κ2) is 8.99. The SMILES string of the molecule is CC(=O)Oc1c(Br)cc(/C=C2\N=C(c3ccc(-c4ccccc4)cc3)OC2=O)cc1Br. The van der Waals surface area contributed by atoms with Gasteiger partial charge in [-0.2, -0.15) is 0 Å². The molecule has 0 aliphatic carbocycles. The Labute approximate surface area is 195 Å². The highest BCUT2D eigenvalue weighted by Crippen LogP contribution is 2.36. The number of ether oxygens (including phenoxy) is 2. The lowest BCUT2D eigenvalue weighted by Crippen LogP contribution is -2.05. The average molecular weight is 541 g/mol. The fourth-order valence-electron chi connectivity index (χ4n) is 3.03. The minimum Gasteiger partial charge on any atom is -0.424 e. The monoisotopic (exact) mass is 539 g/mol. The van der Waals surface area contributed by atoms with Crippen molar-refractivity contribution in [3.05, 3.63) is 92.5 Å². The molecule has 0 saturated carbocycles. The zero-order valence-electron chi connectivity index (χ0n) is 16.3. The molecule has 0 saturated heterocycles. The molecule has 3 aromatic carbocycles. The Morgan fingerprint density at radius 1 is 0.935 bits per heavy atom. The van der Waals surface area contributed by atoms with Gasteiger partial charge in [0.05, 0.1) is 8.95 Å². The van der Waals surface area contributed by atoms with E-state index in [4.69, 9.17) is 9.47 Å². The van der Waals surface area contributed by atoms with Crippen molar-refractivity contribution >= 4 is 55.8 Å². The number of hydrogen-bond acceptors (Lipinski definition) is 5. The van der Waals surface area contributed by atoms with E-state index in [1.165, 1.54) is 6.92 Å². The van der Waals surface area contributed by atoms with Crippen molar-refractivity contribution < 1.29 is 19.1 Å². The van der Waals surface area contributed by atoms with Crippen LogP contribution in [0.1, 0.15) is 18.1 Å². The summed E-state index contributed by atoms with van der Waals surface area (Å²) in [5.74, 6) is -0.338. The molecule has 0 amide bonds. The maximum atomic E-state index is 12.3. The fourth-order valence-corrected chi connectivity index (χ4v) is 4.41. The van der Waals surface area contributed by atoms with Gasteiger partial charge in [0.2, 0.25) is 5.90 Å². The van der Waals surface area contributed by atoms with E-state index in [0.29, 0.717) is 25.8 Å². The molecule has 31 heavy (non-hydrogen) atoms. The maximum Gasteiger partial charge on any atom is 0.363 e. The van der Waals surface area contributed by atoms with Crippen LogP contribution in [0.25, 0.3) is 17.2 Å². The summed E-state index contributed by atoms with van der Waals surface area (Å²) in [6.45, 7) is 1.33. The molecule has 0 radical (unpaired) electrons. The molecular weight excluding hydrogens is 526 g/mol. The Kier molecular flexibility index (Phi) is 6.15. The largest absolute Gasteiger partial charge is 0.424 e. The highest BCUT2D eigenvalue weighted by Gasteiger charge is 2.24. The maximum absolute atomic E-state index is 12.3. The Hall–Kier alpha value is -3.03. The molecular formula is C24H15Br2NO4. The molecule has 154 valence electrons. The van der Waals surface area contributed by atoms with Gasteiger partial charge in [-0.25, -0.2) is 9.79 Å². The van der Waals surface area contributed by atoms with Gasteiger partial charge < -0.3 is 9.47 Å². The van der Waals surface area contributed by atoms with Crippen LogP contribution in [0.3, 0.4) is 0 Å². The number of hydrogen-bond donors (Lipinski definition) is 0. The second-order valence-electron chi connectivity index (χ2n) is 6.69. The third-order valence-electron chi connectivity index (χ3n) is 4.43. The van der Waals surface area contributed by atoms with Crippen LogP contribution in [0.15, 0.2) is 86.4 Å². The van der Waals surface area contributed by atoms with Crippen LogP contribution in [-0.4, -0.2) is 17.8 Å². The molecule has 0 aromatic heterocycles. The molecule has 3 aromatic rings. The average Bonchev–Trinajstić information content (AvgIpc) is 3.11. The lowest BCUT2D eigenvalue weighted by Gasteiger charge is -2.08. The topological polar surface area (TPSA) is 65.0 Å². The van der Waals surface area contributed by atoms with Crippen molar-refractivity contribution in [1.29, 1.82) is 0 Å². The summed E-state index contributed by atoms with van der Waals surface area (Å²) in [6, 6.07) is 21.1. The minimum atomic E-state index is -0.529. The summed E-state index contributed by atoms with van der Waals surface area (Å²) in [6.07, 6.45) is 1.61. The normalized spacial score (nSPS) is 14.4. The van der Waals surface area contributed by atoms with E-state index in [-0.39, 0.29) is 11.6 Å². The molecule has 0 spiro atoms. The van der Waals surface area contributed by atoms with E-state index in [9.17, 15) is 9.59 Å². The third-order valence-corrected chi connectivity index (χ3v) is 5.61. The first kappa shape index (κ1) is 21.2. The lowest BCUT2D eigenvalue weighted by molar-refractivity contribution is -0.132. The van der Waals surface area contributed by atoms with Gasteiger partial charge in [-0.3, -0.25) is 4.79 Å². The van der Waals surface area contributed by atoms with Crippen LogP contribution in [0, 0.1) is 0 Å². The van der Waals surface area contributed by atoms with Gasteiger partial charge in [-0.1, -0.05) is 42.5 Å². The van der Waals surface area contributed by atoms with Gasteiger partial charge in [-0.05, 0) is 78.9 Å². The van der Waals surface area contributed by atoms with Gasteiger partial charge in [-0.15, -0.1) is 0 Å². The number of halogens is 2. The van der Waals surface area contributed by atoms with Crippen LogP contribution in [0.5, 0.6) is 5.75 Å². The van der Waals surface area contributed by atoms with Crippen LogP contribution < -0.4 is 4.74 Å². The number of carbonyl (C=O) groups is 2. The van der Waals surface area contributed by atoms with E-state index in [0.717, 1.165) is 11.1 Å². The molecule has 0 unspecified atom stereocenters. The molecule has 1 aliphatic rings. The molecule has 0 atom stereocenters. The molecule has 0 fully saturated rings. The fraction of sp³-hybridized carbons (Fsp3) is 0.0417. The van der Waals surface area contributed by atoms with E-state index in [2.05, 4.69) is 36.9 Å². The van der Waals surface area contributed by atoms with Gasteiger partial charge in [0, 0.05) is 12.5 Å². The van der Waals surface area contributed by atoms with Gasteiger partial charge >= 0.3 is 11.9 Å². The van der Waals surface area contributed by atoms with E-state index < -0.39 is 11.9 Å². The van der Waals surface area contributed by atoms with Crippen LogP contribution >= 0.6 is 31.9 Å². The number of cyclic esters (lactones) is 1. The first-order chi connectivity index (χ1) is 14.9. The number of rotatable bonds is 4. The predicted molar refractivity (Wildman–Crippen MR) is 126 cm³/mol. The standard InChI is InChI=1S/C24H15Br2NO4/c1-14(28)30-22-19(25)11-15(12-20(22)26)13-21-24(29)31-23(27-21)18-9-7-17(8-10-18)16-5-3-2-4-6-16/h2-13H,1H3/b21-13-. The zero-order chi connectivity index (χ0) is 22.0. The van der Waals surface area contributed by atoms with E-state index in [1.807, 2.05) is 54.6 Å². The molecule has 1 heterocycles. The van der Waals surface area contributed by atoms with Crippen molar-refractivity contribution in [2.75, 3.05) is 0 Å². The first-order valence-corrected chi connectivity index (χ1v) is 10.9. The second-order valence-corrected chi connectivity index (χ2v) is 8.40. The van der Waals surface area contributed by atoms with E-state index in [1.54, 1.807) is 18.2 Å². The molecule has 0 bridgehead atoms. The number of esters is 2. The van der Waals surface area contributed by atoms with Gasteiger partial charge in [0.25, 0.3) is 0 Å². The van der Waals surface area contributed by atoms with Crippen LogP contribution in [-0.2, 0) is 14.3 Å². The van der Waals surface area contributed by atoms with Crippen molar-refractivity contribution in [3.8, 4) is 16.9 Å². The first-order valence-electron chi connectivity index (χ1n) is 9.26. The Morgan fingerprint density at radius 2 is 1.52 bits per heavy atom. The summed E-state index contributed by atoms with van der Waals surface area (Å²) in [5.41, 5.74) is 3.75. The summed E-state index contributed by atoms with van der Waals surface area (Å²) in [7, 11) is 0. The smallest absolute Gasteiger partial charge is 0.363 e. The van der Waals surface area contributed by atoms with E-state index >= 15 is 0 Å². The highest BCUT2D eigenvalue weighted by molar-refractivity contribution is 9.11. The Bertz CT molecular complexity index is 1210. The quantitative estimate of drug-likeness (QED) is 0.226. The number of nitrogens with zero attached hydrogens (tertiary/aromatic N) is 1. The molecule has 0 N–H and O–H groups in total. The third kappa shape index (κ3) is 4.84. The Balaban J connectivity index is 1.60. The molecule has 5 nitrogen and oxygen atoms in total. The van der Waals surface area contributed by atoms with Crippen LogP contribution in [0.4, 0.5) is 0 Å². The van der Waals surface area contributed by atoms with Crippen molar-refractivity contribution in [2.45, 2.75) is 6.92 Å². The number of aliphatic imine (C=N–C) groups is 1. The highest BCUT2D eigenvalue weighted by atomic mass is 79.9. The molecule has 1 aliphatic heterocycles. The van der Waals surface area contributed by atoms with Crippen molar-refractivity contribution in [2.24, 2.45) is 4.99 Å². The summed E-state index contributed by atoms with van der Waals surface area (Å²) >= 11 is 6.75. The zero-order valence-corrected chi connectivity index (χ0v) is 19.4. The van der Waals surface area contributed by atoms with Crippen molar-refractivity contribution in [1.82, 2.24) is 0 Å². The van der Waals surface area contributed by atoms with Gasteiger partial charge in [0.1, 0.15) is 0 Å². The molecule has 4 rings (SSSR count). The number of benzene rings is 3. The van der Waals surface area contributed by atoms with Gasteiger partial charge in [0.15, 0.2) is 11.4 Å². The lowest BCUT2D eigenvalue weighted by atomic mass is 10.0. The Morgan fingerprint density at radius 3 is 2.13 bits per heavy atom. The minimum absolute atomic E-state index is 0.182. The number of carbonyl (C=O) groups excluding carboxylic acids is 2. The summed E-state index contributed by atoms with van der Waals surface area (Å²) < 4.78 is 11.7. The predicted octanol–water partition coefficient (Wildman–Crippen LogP) is 6.15. The van der Waals surface area contributed by atoms with Crippen molar-refractivity contribution in [3.63, 3.8) is 0 Å². The summed E-state index contributed by atoms with van der Waals surface area (Å²) in [5, 5.41) is 0. The molecule has 7 heteroatoms. The summed E-state index contributed by atoms with van der Waals surface area (Å²) in [4.78, 5) is 27.9. The van der Waals surface area contributed by atoms with Crippen LogP contribution in [0.2, 0.25) is 0 Å².